The molecule has 0 bridgehead atoms. The van der Waals surface area contributed by atoms with Crippen molar-refractivity contribution in [2.45, 2.75) is 11.8 Å². The van der Waals surface area contributed by atoms with E-state index in [9.17, 15) is 22.8 Å². The maximum atomic E-state index is 13.0. The van der Waals surface area contributed by atoms with E-state index in [2.05, 4.69) is 10.1 Å². The molecular formula is C22H24N2O8S. The number of carbonyl (C=O) groups excluding carboxylic acids is 3. The fourth-order valence-electron chi connectivity index (χ4n) is 3.15. The number of esters is 2. The van der Waals surface area contributed by atoms with Gasteiger partial charge in [0.15, 0.2) is 6.61 Å². The predicted molar refractivity (Wildman–Crippen MR) is 117 cm³/mol. The van der Waals surface area contributed by atoms with Crippen molar-refractivity contribution in [3.05, 3.63) is 59.2 Å². The Morgan fingerprint density at radius 1 is 1.00 bits per heavy atom. The minimum atomic E-state index is -3.80. The van der Waals surface area contributed by atoms with Crippen LogP contribution in [0.2, 0.25) is 0 Å². The summed E-state index contributed by atoms with van der Waals surface area (Å²) in [4.78, 5) is 36.0. The lowest BCUT2D eigenvalue weighted by Crippen LogP contribution is -2.40. The van der Waals surface area contributed by atoms with E-state index < -0.39 is 34.5 Å². The Labute approximate surface area is 191 Å². The van der Waals surface area contributed by atoms with Gasteiger partial charge >= 0.3 is 11.9 Å². The monoisotopic (exact) mass is 476 g/mol. The molecular weight excluding hydrogens is 452 g/mol. The number of rotatable bonds is 7. The van der Waals surface area contributed by atoms with E-state index in [0.717, 1.165) is 0 Å². The number of methoxy groups -OCH3 is 1. The van der Waals surface area contributed by atoms with Crippen LogP contribution in [0.15, 0.2) is 47.4 Å². The third kappa shape index (κ3) is 5.95. The molecule has 0 aromatic heterocycles. The van der Waals surface area contributed by atoms with E-state index >= 15 is 0 Å². The number of nitrogens with zero attached hydrogens (tertiary/aromatic N) is 1. The lowest BCUT2D eigenvalue weighted by Gasteiger charge is -2.26. The highest BCUT2D eigenvalue weighted by atomic mass is 32.2. The summed E-state index contributed by atoms with van der Waals surface area (Å²) in [7, 11) is -2.53. The molecule has 1 heterocycles. The molecule has 1 aliphatic rings. The second-order valence-electron chi connectivity index (χ2n) is 7.19. The van der Waals surface area contributed by atoms with Crippen molar-refractivity contribution in [2.24, 2.45) is 0 Å². The number of hydrogen-bond acceptors (Lipinski definition) is 8. The van der Waals surface area contributed by atoms with Gasteiger partial charge in [0.1, 0.15) is 0 Å². The zero-order valence-corrected chi connectivity index (χ0v) is 19.0. The molecule has 1 N–H and O–H groups in total. The van der Waals surface area contributed by atoms with Crippen molar-refractivity contribution >= 4 is 33.6 Å². The highest BCUT2D eigenvalue weighted by molar-refractivity contribution is 7.89. The van der Waals surface area contributed by atoms with Gasteiger partial charge in [-0.2, -0.15) is 4.31 Å². The number of sulfonamides is 1. The van der Waals surface area contributed by atoms with Crippen LogP contribution in [-0.2, 0) is 29.0 Å². The molecule has 0 atom stereocenters. The molecule has 176 valence electrons. The average molecular weight is 477 g/mol. The van der Waals surface area contributed by atoms with E-state index in [4.69, 9.17) is 9.47 Å². The van der Waals surface area contributed by atoms with Gasteiger partial charge in [0.2, 0.25) is 10.0 Å². The number of morpholine rings is 1. The Hall–Kier alpha value is -3.28. The molecule has 2 aromatic rings. The van der Waals surface area contributed by atoms with Gasteiger partial charge in [-0.25, -0.2) is 18.0 Å². The van der Waals surface area contributed by atoms with Crippen molar-refractivity contribution < 1.29 is 37.0 Å². The van der Waals surface area contributed by atoms with Crippen LogP contribution >= 0.6 is 0 Å². The summed E-state index contributed by atoms with van der Waals surface area (Å²) in [5.74, 6) is -1.93. The Balaban J connectivity index is 1.63. The normalized spacial score (nSPS) is 14.4. The van der Waals surface area contributed by atoms with Crippen LogP contribution in [0, 0.1) is 6.92 Å². The topological polar surface area (TPSA) is 128 Å². The van der Waals surface area contributed by atoms with E-state index in [-0.39, 0.29) is 23.5 Å². The third-order valence-electron chi connectivity index (χ3n) is 4.94. The summed E-state index contributed by atoms with van der Waals surface area (Å²) in [6.45, 7) is 2.15. The van der Waals surface area contributed by atoms with E-state index in [1.165, 1.54) is 53.9 Å². The summed E-state index contributed by atoms with van der Waals surface area (Å²) < 4.78 is 42.1. The van der Waals surface area contributed by atoms with Crippen molar-refractivity contribution in [3.8, 4) is 0 Å². The number of nitrogens with one attached hydrogen (secondary N) is 1. The predicted octanol–water partition coefficient (Wildman–Crippen LogP) is 1.60. The van der Waals surface area contributed by atoms with Gasteiger partial charge in [-0.15, -0.1) is 0 Å². The molecule has 0 spiro atoms. The average Bonchev–Trinajstić information content (AvgIpc) is 2.83. The van der Waals surface area contributed by atoms with E-state index in [1.807, 2.05) is 0 Å². The number of hydrogen-bond donors (Lipinski definition) is 1. The van der Waals surface area contributed by atoms with Gasteiger partial charge in [0.05, 0.1) is 36.3 Å². The number of aryl methyl sites for hydroxylation is 1. The summed E-state index contributed by atoms with van der Waals surface area (Å²) in [6, 6.07) is 10.2. The van der Waals surface area contributed by atoms with E-state index in [1.54, 1.807) is 6.92 Å². The van der Waals surface area contributed by atoms with Crippen LogP contribution in [0.5, 0.6) is 0 Å². The molecule has 1 aliphatic heterocycles. The number of carbonyl (C=O) groups is 3. The van der Waals surface area contributed by atoms with Gasteiger partial charge in [-0.3, -0.25) is 4.79 Å². The zero-order chi connectivity index (χ0) is 24.0. The van der Waals surface area contributed by atoms with Gasteiger partial charge < -0.3 is 19.5 Å². The highest BCUT2D eigenvalue weighted by Crippen LogP contribution is 2.23. The van der Waals surface area contributed by atoms with Crippen LogP contribution in [0.4, 0.5) is 5.69 Å². The molecule has 11 heteroatoms. The van der Waals surface area contributed by atoms with Gasteiger partial charge in [0.25, 0.3) is 5.91 Å². The summed E-state index contributed by atoms with van der Waals surface area (Å²) in [6.07, 6.45) is 0. The maximum absolute atomic E-state index is 13.0. The zero-order valence-electron chi connectivity index (χ0n) is 18.2. The van der Waals surface area contributed by atoms with Gasteiger partial charge in [-0.1, -0.05) is 6.07 Å². The van der Waals surface area contributed by atoms with Crippen LogP contribution in [0.1, 0.15) is 26.3 Å². The minimum Gasteiger partial charge on any atom is -0.465 e. The second kappa shape index (κ2) is 10.6. The minimum absolute atomic E-state index is 0.00833. The van der Waals surface area contributed by atoms with Gasteiger partial charge in [0, 0.05) is 18.8 Å². The Morgan fingerprint density at radius 3 is 2.27 bits per heavy atom. The van der Waals surface area contributed by atoms with Gasteiger partial charge in [-0.05, 0) is 48.9 Å². The first kappa shape index (κ1) is 24.4. The van der Waals surface area contributed by atoms with Crippen LogP contribution in [0.3, 0.4) is 0 Å². The summed E-state index contributed by atoms with van der Waals surface area (Å²) in [5, 5.41) is 2.54. The maximum Gasteiger partial charge on any atom is 0.338 e. The first-order valence-electron chi connectivity index (χ1n) is 10.1. The third-order valence-corrected chi connectivity index (χ3v) is 6.98. The molecule has 0 radical (unpaired) electrons. The fraction of sp³-hybridized carbons (Fsp3) is 0.318. The first-order chi connectivity index (χ1) is 15.7. The quantitative estimate of drug-likeness (QED) is 0.597. The Kier molecular flexibility index (Phi) is 7.79. The van der Waals surface area contributed by atoms with Crippen LogP contribution in [0.25, 0.3) is 0 Å². The molecule has 2 aromatic carbocycles. The second-order valence-corrected chi connectivity index (χ2v) is 9.10. The SMILES string of the molecule is COC(=O)c1ccc(NC(=O)COC(=O)c2ccc(C)c(S(=O)(=O)N3CCOCC3)c2)cc1. The Morgan fingerprint density at radius 2 is 1.64 bits per heavy atom. The smallest absolute Gasteiger partial charge is 0.338 e. The lowest BCUT2D eigenvalue weighted by molar-refractivity contribution is -0.119. The lowest BCUT2D eigenvalue weighted by atomic mass is 10.1. The van der Waals surface area contributed by atoms with Crippen LogP contribution in [-0.4, -0.2) is 70.6 Å². The van der Waals surface area contributed by atoms with E-state index in [0.29, 0.717) is 30.0 Å². The first-order valence-corrected chi connectivity index (χ1v) is 11.5. The summed E-state index contributed by atoms with van der Waals surface area (Å²) >= 11 is 0. The molecule has 0 aliphatic carbocycles. The van der Waals surface area contributed by atoms with Crippen molar-refractivity contribution in [3.63, 3.8) is 0 Å². The largest absolute Gasteiger partial charge is 0.465 e. The van der Waals surface area contributed by atoms with Crippen LogP contribution < -0.4 is 5.32 Å². The van der Waals surface area contributed by atoms with Crippen molar-refractivity contribution in [2.75, 3.05) is 45.3 Å². The molecule has 3 rings (SSSR count). The number of amides is 1. The molecule has 0 saturated carbocycles. The molecule has 33 heavy (non-hydrogen) atoms. The standard InChI is InChI=1S/C22H24N2O8S/c1-15-3-4-17(13-19(15)33(28,29)24-9-11-31-12-10-24)22(27)32-14-20(25)23-18-7-5-16(6-8-18)21(26)30-2/h3-8,13H,9-12,14H2,1-2H3,(H,23,25). The molecule has 0 unspecified atom stereocenters. The molecule has 1 fully saturated rings. The number of anilines is 1. The highest BCUT2D eigenvalue weighted by Gasteiger charge is 2.28. The Bertz CT molecular complexity index is 1140. The fourth-order valence-corrected chi connectivity index (χ4v) is 4.81. The molecule has 1 saturated heterocycles. The number of benzene rings is 2. The van der Waals surface area contributed by atoms with Crippen molar-refractivity contribution in [1.82, 2.24) is 4.31 Å². The molecule has 10 nitrogen and oxygen atoms in total. The summed E-state index contributed by atoms with van der Waals surface area (Å²) in [5.41, 5.74) is 1.23. The molecule has 1 amide bonds. The van der Waals surface area contributed by atoms with Crippen molar-refractivity contribution in [1.29, 1.82) is 0 Å². The number of ether oxygens (including phenoxy) is 3.